The van der Waals surface area contributed by atoms with Crippen molar-refractivity contribution in [3.05, 3.63) is 83.7 Å². The predicted molar refractivity (Wildman–Crippen MR) is 129 cm³/mol. The number of aliphatic hydroxyl groups excluding tert-OH is 1. The van der Waals surface area contributed by atoms with E-state index >= 15 is 0 Å². The van der Waals surface area contributed by atoms with Crippen LogP contribution in [0.1, 0.15) is 24.1 Å². The number of methoxy groups -OCH3 is 2. The van der Waals surface area contributed by atoms with E-state index < -0.39 is 23.5 Å². The number of aliphatic hydroxyl groups is 1. The van der Waals surface area contributed by atoms with Gasteiger partial charge in [-0.1, -0.05) is 12.1 Å². The molecule has 2 N–H and O–H groups in total. The second-order valence-electron chi connectivity index (χ2n) is 7.75. The Bertz CT molecular complexity index is 1340. The number of ketones is 1. The van der Waals surface area contributed by atoms with E-state index in [0.717, 1.165) is 0 Å². The molecule has 1 fully saturated rings. The number of amides is 2. The summed E-state index contributed by atoms with van der Waals surface area (Å²) in [7, 11) is 2.91. The van der Waals surface area contributed by atoms with Crippen LogP contribution >= 0.6 is 0 Å². The zero-order valence-corrected chi connectivity index (χ0v) is 19.3. The van der Waals surface area contributed by atoms with Crippen LogP contribution < -0.4 is 19.7 Å². The number of rotatable bonds is 6. The van der Waals surface area contributed by atoms with Crippen molar-refractivity contribution >= 4 is 34.7 Å². The maximum atomic E-state index is 13.3. The molecule has 0 aliphatic carbocycles. The van der Waals surface area contributed by atoms with Gasteiger partial charge in [0.2, 0.25) is 5.91 Å². The molecule has 1 saturated heterocycles. The first kappa shape index (κ1) is 23.5. The number of Topliss-reactive ketones (excluding diaryl/α,β-unsaturated/α-hetero) is 1. The van der Waals surface area contributed by atoms with Crippen molar-refractivity contribution in [3.8, 4) is 11.5 Å². The summed E-state index contributed by atoms with van der Waals surface area (Å²) in [5.41, 5.74) is 1.41. The summed E-state index contributed by atoms with van der Waals surface area (Å²) in [6.07, 6.45) is 3.09. The minimum atomic E-state index is -0.979. The van der Waals surface area contributed by atoms with E-state index in [0.29, 0.717) is 28.4 Å². The summed E-state index contributed by atoms with van der Waals surface area (Å²) in [6, 6.07) is 13.7. The molecule has 0 spiro atoms. The summed E-state index contributed by atoms with van der Waals surface area (Å²) in [5.74, 6) is -1.66. The summed E-state index contributed by atoms with van der Waals surface area (Å²) in [4.78, 5) is 43.6. The van der Waals surface area contributed by atoms with Crippen LogP contribution in [0.5, 0.6) is 11.5 Å². The van der Waals surface area contributed by atoms with Crippen molar-refractivity contribution < 1.29 is 29.0 Å². The summed E-state index contributed by atoms with van der Waals surface area (Å²) >= 11 is 0. The monoisotopic (exact) mass is 473 g/mol. The molecule has 1 aliphatic heterocycles. The summed E-state index contributed by atoms with van der Waals surface area (Å²) < 4.78 is 10.6. The maximum absolute atomic E-state index is 13.3. The lowest BCUT2D eigenvalue weighted by atomic mass is 9.95. The number of carbonyl (C=O) groups excluding carboxylic acids is 3. The van der Waals surface area contributed by atoms with Crippen LogP contribution in [0.3, 0.4) is 0 Å². The highest BCUT2D eigenvalue weighted by molar-refractivity contribution is 6.51. The zero-order chi connectivity index (χ0) is 25.1. The van der Waals surface area contributed by atoms with Crippen molar-refractivity contribution in [1.82, 2.24) is 4.98 Å². The van der Waals surface area contributed by atoms with Gasteiger partial charge in [-0.15, -0.1) is 0 Å². The molecule has 9 nitrogen and oxygen atoms in total. The van der Waals surface area contributed by atoms with E-state index in [1.54, 1.807) is 54.7 Å². The zero-order valence-electron chi connectivity index (χ0n) is 19.3. The fourth-order valence-corrected chi connectivity index (χ4v) is 4.03. The molecule has 4 rings (SSSR count). The van der Waals surface area contributed by atoms with Gasteiger partial charge < -0.3 is 19.9 Å². The summed E-state index contributed by atoms with van der Waals surface area (Å²) in [5, 5.41) is 14.0. The van der Waals surface area contributed by atoms with Gasteiger partial charge in [0.15, 0.2) is 0 Å². The van der Waals surface area contributed by atoms with Crippen LogP contribution in [-0.2, 0) is 14.4 Å². The number of hydrogen-bond donors (Lipinski definition) is 2. The van der Waals surface area contributed by atoms with Crippen molar-refractivity contribution in [3.63, 3.8) is 0 Å². The molecule has 0 saturated carbocycles. The number of aromatic nitrogens is 1. The fraction of sp³-hybridized carbons (Fsp3) is 0.154. The molecule has 2 heterocycles. The van der Waals surface area contributed by atoms with Gasteiger partial charge in [0.05, 0.1) is 31.4 Å². The van der Waals surface area contributed by atoms with Crippen LogP contribution in [0, 0.1) is 0 Å². The molecule has 1 unspecified atom stereocenters. The van der Waals surface area contributed by atoms with Gasteiger partial charge in [0, 0.05) is 30.7 Å². The van der Waals surface area contributed by atoms with Crippen LogP contribution in [0.2, 0.25) is 0 Å². The van der Waals surface area contributed by atoms with Crippen molar-refractivity contribution in [2.45, 2.75) is 13.0 Å². The largest absolute Gasteiger partial charge is 0.507 e. The van der Waals surface area contributed by atoms with Crippen LogP contribution in [0.4, 0.5) is 11.4 Å². The molecule has 1 aliphatic rings. The number of nitrogens with one attached hydrogen (secondary N) is 1. The first-order valence-electron chi connectivity index (χ1n) is 10.7. The number of nitrogens with zero attached hydrogens (tertiary/aromatic N) is 2. The van der Waals surface area contributed by atoms with E-state index in [2.05, 4.69) is 10.3 Å². The van der Waals surface area contributed by atoms with Crippen molar-refractivity contribution in [1.29, 1.82) is 0 Å². The number of benzene rings is 2. The Morgan fingerprint density at radius 2 is 1.86 bits per heavy atom. The van der Waals surface area contributed by atoms with Crippen LogP contribution in [0.15, 0.2) is 72.6 Å². The third-order valence-electron chi connectivity index (χ3n) is 5.55. The molecular weight excluding hydrogens is 450 g/mol. The van der Waals surface area contributed by atoms with E-state index in [-0.39, 0.29) is 17.0 Å². The Labute approximate surface area is 201 Å². The van der Waals surface area contributed by atoms with Gasteiger partial charge in [-0.25, -0.2) is 0 Å². The van der Waals surface area contributed by atoms with E-state index in [4.69, 9.17) is 9.47 Å². The number of hydrogen-bond acceptors (Lipinski definition) is 7. The van der Waals surface area contributed by atoms with Crippen LogP contribution in [-0.4, -0.2) is 41.9 Å². The highest BCUT2D eigenvalue weighted by atomic mass is 16.5. The summed E-state index contributed by atoms with van der Waals surface area (Å²) in [6.45, 7) is 1.37. The topological polar surface area (TPSA) is 118 Å². The number of carbonyl (C=O) groups is 3. The minimum Gasteiger partial charge on any atom is -0.507 e. The highest BCUT2D eigenvalue weighted by Crippen LogP contribution is 2.43. The second-order valence-corrected chi connectivity index (χ2v) is 7.75. The molecule has 1 atom stereocenters. The molecule has 3 aromatic rings. The molecule has 0 radical (unpaired) electrons. The van der Waals surface area contributed by atoms with Gasteiger partial charge in [0.25, 0.3) is 11.7 Å². The lowest BCUT2D eigenvalue weighted by Gasteiger charge is -2.25. The Hall–Kier alpha value is -4.66. The average Bonchev–Trinajstić information content (AvgIpc) is 3.13. The molecule has 35 heavy (non-hydrogen) atoms. The highest BCUT2D eigenvalue weighted by Gasteiger charge is 2.47. The first-order chi connectivity index (χ1) is 16.8. The average molecular weight is 473 g/mol. The van der Waals surface area contributed by atoms with Gasteiger partial charge in [-0.05, 0) is 48.0 Å². The van der Waals surface area contributed by atoms with E-state index in [9.17, 15) is 19.5 Å². The Balaban J connectivity index is 1.94. The van der Waals surface area contributed by atoms with E-state index in [1.807, 2.05) is 0 Å². The second kappa shape index (κ2) is 9.68. The first-order valence-corrected chi connectivity index (χ1v) is 10.7. The minimum absolute atomic E-state index is 0.125. The molecular formula is C26H23N3O6. The number of ether oxygens (including phenoxy) is 2. The SMILES string of the molecule is COc1ccc(OC)c(/C(O)=C2\C(=O)C(=O)N(c3cccc(NC(C)=O)c3)C2c2cccnc2)c1. The molecule has 2 amide bonds. The Morgan fingerprint density at radius 3 is 2.51 bits per heavy atom. The van der Waals surface area contributed by atoms with Gasteiger partial charge in [-0.2, -0.15) is 0 Å². The fourth-order valence-electron chi connectivity index (χ4n) is 4.03. The maximum Gasteiger partial charge on any atom is 0.300 e. The third-order valence-corrected chi connectivity index (χ3v) is 5.55. The third kappa shape index (κ3) is 4.43. The molecule has 0 bridgehead atoms. The van der Waals surface area contributed by atoms with Gasteiger partial charge in [0.1, 0.15) is 17.3 Å². The van der Waals surface area contributed by atoms with Crippen molar-refractivity contribution in [2.24, 2.45) is 0 Å². The molecule has 1 aromatic heterocycles. The lowest BCUT2D eigenvalue weighted by Crippen LogP contribution is -2.29. The smallest absolute Gasteiger partial charge is 0.300 e. The van der Waals surface area contributed by atoms with Gasteiger partial charge in [-0.3, -0.25) is 24.3 Å². The Kier molecular flexibility index (Phi) is 6.50. The lowest BCUT2D eigenvalue weighted by molar-refractivity contribution is -0.132. The molecule has 9 heteroatoms. The molecule has 2 aromatic carbocycles. The standard InChI is InChI=1S/C26H23N3O6/c1-15(30)28-17-7-4-8-18(12-17)29-23(16-6-5-11-27-14-16)22(25(32)26(29)33)24(31)20-13-19(34-2)9-10-21(20)35-3/h4-14,23,31H,1-3H3,(H,28,30)/b24-22+. The van der Waals surface area contributed by atoms with Gasteiger partial charge >= 0.3 is 0 Å². The quantitative estimate of drug-likeness (QED) is 0.318. The predicted octanol–water partition coefficient (Wildman–Crippen LogP) is 3.68. The number of anilines is 2. The Morgan fingerprint density at radius 1 is 1.06 bits per heavy atom. The normalized spacial score (nSPS) is 16.8. The van der Waals surface area contributed by atoms with Crippen molar-refractivity contribution in [2.75, 3.05) is 24.4 Å². The molecule has 178 valence electrons. The van der Waals surface area contributed by atoms with Crippen LogP contribution in [0.25, 0.3) is 5.76 Å². The number of pyridine rings is 1. The van der Waals surface area contributed by atoms with E-state index in [1.165, 1.54) is 38.3 Å².